The summed E-state index contributed by atoms with van der Waals surface area (Å²) in [5.41, 5.74) is 0.965. The van der Waals surface area contributed by atoms with Crippen LogP contribution in [0.3, 0.4) is 0 Å². The maximum Gasteiger partial charge on any atom is 0.261 e. The van der Waals surface area contributed by atoms with Gasteiger partial charge in [-0.3, -0.25) is 29.0 Å². The molecule has 0 bridgehead atoms. The molecule has 2 N–H and O–H groups in total. The van der Waals surface area contributed by atoms with E-state index in [2.05, 4.69) is 0 Å². The quantitative estimate of drug-likeness (QED) is 0.135. The van der Waals surface area contributed by atoms with Gasteiger partial charge >= 0.3 is 0 Å². The number of ether oxygens (including phenoxy) is 6. The number of carbonyl (C=O) groups excluding carboxylic acids is 4. The molecule has 0 radical (unpaired) electrons. The molecular formula is C30H38N2O12. The van der Waals surface area contributed by atoms with Gasteiger partial charge in [0.15, 0.2) is 0 Å². The van der Waals surface area contributed by atoms with Crippen LogP contribution in [0.5, 0.6) is 0 Å². The lowest BCUT2D eigenvalue weighted by atomic mass is 9.86. The number of hydrogen-bond donors (Lipinski definition) is 2. The fraction of sp³-hybridized carbons (Fsp3) is 0.533. The number of nitrogens with zero attached hydrogens (tertiary/aromatic N) is 2. The topological polar surface area (TPSA) is 171 Å². The third-order valence-corrected chi connectivity index (χ3v) is 6.94. The Labute approximate surface area is 254 Å². The lowest BCUT2D eigenvalue weighted by Gasteiger charge is -2.31. The van der Waals surface area contributed by atoms with E-state index in [-0.39, 0.29) is 88.2 Å². The Morgan fingerprint density at radius 3 is 0.932 bits per heavy atom. The second kappa shape index (κ2) is 17.2. The molecule has 4 amide bonds. The van der Waals surface area contributed by atoms with Crippen molar-refractivity contribution in [3.63, 3.8) is 0 Å². The van der Waals surface area contributed by atoms with E-state index in [0.717, 1.165) is 9.80 Å². The highest BCUT2D eigenvalue weighted by molar-refractivity contribution is 6.33. The van der Waals surface area contributed by atoms with Crippen molar-refractivity contribution in [2.24, 2.45) is 0 Å². The lowest BCUT2D eigenvalue weighted by Crippen LogP contribution is -2.45. The van der Waals surface area contributed by atoms with Crippen molar-refractivity contribution in [3.05, 3.63) is 46.5 Å². The largest absolute Gasteiger partial charge is 0.394 e. The molecule has 2 aromatic carbocycles. The van der Waals surface area contributed by atoms with Crippen molar-refractivity contribution in [3.8, 4) is 0 Å². The van der Waals surface area contributed by atoms with Crippen LogP contribution in [0.25, 0.3) is 10.8 Å². The number of aliphatic hydroxyl groups excluding tert-OH is 2. The first-order valence-electron chi connectivity index (χ1n) is 14.5. The van der Waals surface area contributed by atoms with Crippen LogP contribution >= 0.6 is 0 Å². The number of benzene rings is 2. The van der Waals surface area contributed by atoms with E-state index in [1.54, 1.807) is 0 Å². The van der Waals surface area contributed by atoms with E-state index in [0.29, 0.717) is 50.4 Å². The van der Waals surface area contributed by atoms with Crippen LogP contribution in [-0.4, -0.2) is 149 Å². The van der Waals surface area contributed by atoms with Crippen molar-refractivity contribution >= 4 is 34.4 Å². The number of imide groups is 2. The number of hydrogen-bond acceptors (Lipinski definition) is 12. The molecule has 0 aliphatic carbocycles. The van der Waals surface area contributed by atoms with Crippen LogP contribution in [0.2, 0.25) is 0 Å². The lowest BCUT2D eigenvalue weighted by molar-refractivity contribution is 0.00490. The smallest absolute Gasteiger partial charge is 0.261 e. The Hall–Kier alpha value is -3.34. The molecule has 44 heavy (non-hydrogen) atoms. The maximum atomic E-state index is 13.3. The first-order valence-corrected chi connectivity index (χ1v) is 14.5. The predicted octanol–water partition coefficient (Wildman–Crippen LogP) is 0.116. The van der Waals surface area contributed by atoms with Crippen LogP contribution in [0, 0.1) is 0 Å². The van der Waals surface area contributed by atoms with E-state index < -0.39 is 23.6 Å². The third kappa shape index (κ3) is 8.02. The van der Waals surface area contributed by atoms with Gasteiger partial charge in [-0.15, -0.1) is 0 Å². The van der Waals surface area contributed by atoms with Crippen molar-refractivity contribution in [2.45, 2.75) is 0 Å². The average molecular weight is 619 g/mol. The number of amides is 4. The molecule has 2 heterocycles. The zero-order chi connectivity index (χ0) is 31.3. The summed E-state index contributed by atoms with van der Waals surface area (Å²) in [7, 11) is 0. The summed E-state index contributed by atoms with van der Waals surface area (Å²) in [6, 6.07) is 6.07. The molecule has 14 nitrogen and oxygen atoms in total. The van der Waals surface area contributed by atoms with Gasteiger partial charge in [0, 0.05) is 33.0 Å². The highest BCUT2D eigenvalue weighted by atomic mass is 16.6. The second-order valence-corrected chi connectivity index (χ2v) is 9.72. The zero-order valence-electron chi connectivity index (χ0n) is 24.5. The van der Waals surface area contributed by atoms with Gasteiger partial charge in [-0.2, -0.15) is 0 Å². The van der Waals surface area contributed by atoms with Gasteiger partial charge in [0.25, 0.3) is 23.6 Å². The first-order chi connectivity index (χ1) is 21.5. The molecule has 4 rings (SSSR count). The van der Waals surface area contributed by atoms with Crippen molar-refractivity contribution < 1.29 is 57.8 Å². The molecule has 0 saturated carbocycles. The Morgan fingerprint density at radius 2 is 0.659 bits per heavy atom. The number of carbonyl (C=O) groups is 4. The van der Waals surface area contributed by atoms with Gasteiger partial charge in [0.1, 0.15) is 0 Å². The Balaban J connectivity index is 1.31. The molecule has 0 unspecified atom stereocenters. The van der Waals surface area contributed by atoms with Gasteiger partial charge in [0.2, 0.25) is 0 Å². The van der Waals surface area contributed by atoms with E-state index >= 15 is 0 Å². The summed E-state index contributed by atoms with van der Waals surface area (Å²) in [5, 5.41) is 18.0. The SMILES string of the molecule is O=C1c2ccc3c4c(ccc(c24)C(=O)N1CCOCCOCCOCCO)C(=O)N(CCOCCOCCOCCO)C3=O. The fourth-order valence-corrected chi connectivity index (χ4v) is 4.91. The normalized spacial score (nSPS) is 14.4. The predicted molar refractivity (Wildman–Crippen MR) is 154 cm³/mol. The first kappa shape index (κ1) is 33.6. The van der Waals surface area contributed by atoms with Gasteiger partial charge in [-0.25, -0.2) is 0 Å². The molecule has 240 valence electrons. The molecule has 0 fully saturated rings. The van der Waals surface area contributed by atoms with Crippen molar-refractivity contribution in [1.29, 1.82) is 0 Å². The van der Waals surface area contributed by atoms with Gasteiger partial charge in [0.05, 0.1) is 106 Å². The van der Waals surface area contributed by atoms with Crippen LogP contribution in [0.4, 0.5) is 0 Å². The Kier molecular flexibility index (Phi) is 13.1. The van der Waals surface area contributed by atoms with Gasteiger partial charge < -0.3 is 38.6 Å². The summed E-state index contributed by atoms with van der Waals surface area (Å²) in [6.45, 7) is 3.22. The van der Waals surface area contributed by atoms with E-state index in [4.69, 9.17) is 38.6 Å². The molecule has 2 aliphatic rings. The second-order valence-electron chi connectivity index (χ2n) is 9.72. The summed E-state index contributed by atoms with van der Waals surface area (Å²) in [4.78, 5) is 55.6. The highest BCUT2D eigenvalue weighted by Gasteiger charge is 2.39. The molecule has 0 spiro atoms. The van der Waals surface area contributed by atoms with Crippen LogP contribution in [-0.2, 0) is 28.4 Å². The zero-order valence-corrected chi connectivity index (χ0v) is 24.5. The minimum atomic E-state index is -0.523. The molecule has 2 aliphatic heterocycles. The number of rotatable bonds is 22. The maximum absolute atomic E-state index is 13.3. The van der Waals surface area contributed by atoms with Gasteiger partial charge in [-0.1, -0.05) is 0 Å². The third-order valence-electron chi connectivity index (χ3n) is 6.94. The van der Waals surface area contributed by atoms with Crippen molar-refractivity contribution in [2.75, 3.05) is 106 Å². The molecule has 14 heteroatoms. The highest BCUT2D eigenvalue weighted by Crippen LogP contribution is 2.37. The fourth-order valence-electron chi connectivity index (χ4n) is 4.91. The molecule has 0 atom stereocenters. The van der Waals surface area contributed by atoms with Crippen molar-refractivity contribution in [1.82, 2.24) is 9.80 Å². The van der Waals surface area contributed by atoms with Crippen LogP contribution in [0.1, 0.15) is 41.4 Å². The minimum Gasteiger partial charge on any atom is -0.394 e. The average Bonchev–Trinajstić information content (AvgIpc) is 3.03. The van der Waals surface area contributed by atoms with E-state index in [9.17, 15) is 19.2 Å². The molecule has 0 saturated heterocycles. The molecule has 0 aromatic heterocycles. The van der Waals surface area contributed by atoms with Crippen LogP contribution in [0.15, 0.2) is 24.3 Å². The summed E-state index contributed by atoms with van der Waals surface area (Å²) in [6.07, 6.45) is 0. The number of aliphatic hydroxyl groups is 2. The Morgan fingerprint density at radius 1 is 0.409 bits per heavy atom. The van der Waals surface area contributed by atoms with E-state index in [1.165, 1.54) is 24.3 Å². The van der Waals surface area contributed by atoms with Crippen LogP contribution < -0.4 is 0 Å². The summed E-state index contributed by atoms with van der Waals surface area (Å²) in [5.74, 6) is -2.09. The minimum absolute atomic E-state index is 0.0237. The standard InChI is InChI=1S/C30H38N2O12/c33-7-11-41-15-19-43-17-13-39-9-5-31-27(35)21-1-2-22-26-24(4-3-23(25(21)26)29(31)37)30(38)32(28(22)36)6-10-40-14-18-44-20-16-42-12-8-34/h1-4,33-34H,5-20H2. The van der Waals surface area contributed by atoms with E-state index in [1.807, 2.05) is 0 Å². The molecule has 2 aromatic rings. The monoisotopic (exact) mass is 618 g/mol. The summed E-state index contributed by atoms with van der Waals surface area (Å²) >= 11 is 0. The Bertz CT molecular complexity index is 1150. The van der Waals surface area contributed by atoms with Gasteiger partial charge in [-0.05, 0) is 24.3 Å². The summed E-state index contributed by atoms with van der Waals surface area (Å²) < 4.78 is 32.0. The molecular weight excluding hydrogens is 580 g/mol.